The molecular weight excluding hydrogens is 328 g/mol. The van der Waals surface area contributed by atoms with Gasteiger partial charge < -0.3 is 5.32 Å². The van der Waals surface area contributed by atoms with Crippen LogP contribution >= 0.6 is 15.9 Å². The first kappa shape index (κ1) is 15.8. The van der Waals surface area contributed by atoms with Crippen LogP contribution < -0.4 is 5.32 Å². The Morgan fingerprint density at radius 3 is 2.62 bits per heavy atom. The number of nitriles is 1. The van der Waals surface area contributed by atoms with Crippen molar-refractivity contribution < 1.29 is 4.79 Å². The molecule has 4 heteroatoms. The third-order valence-corrected chi connectivity index (χ3v) is 4.50. The zero-order valence-corrected chi connectivity index (χ0v) is 13.7. The number of hydrogen-bond donors (Lipinski definition) is 1. The second kappa shape index (κ2) is 7.42. The van der Waals surface area contributed by atoms with Crippen molar-refractivity contribution in [2.24, 2.45) is 5.92 Å². The summed E-state index contributed by atoms with van der Waals surface area (Å²) >= 11 is 3.37. The van der Waals surface area contributed by atoms with Crippen LogP contribution in [0.2, 0.25) is 0 Å². The largest absolute Gasteiger partial charge is 0.348 e. The van der Waals surface area contributed by atoms with Crippen LogP contribution in [0, 0.1) is 17.2 Å². The lowest BCUT2D eigenvalue weighted by molar-refractivity contribution is -0.118. The van der Waals surface area contributed by atoms with E-state index in [-0.39, 0.29) is 17.5 Å². The molecule has 1 fully saturated rings. The van der Waals surface area contributed by atoms with Gasteiger partial charge in [0, 0.05) is 10.5 Å². The molecule has 0 radical (unpaired) electrons. The topological polar surface area (TPSA) is 52.9 Å². The van der Waals surface area contributed by atoms with E-state index < -0.39 is 0 Å². The zero-order chi connectivity index (χ0) is 15.2. The highest BCUT2D eigenvalue weighted by Crippen LogP contribution is 2.24. The smallest absolute Gasteiger partial charge is 0.262 e. The molecule has 0 aromatic heterocycles. The normalized spacial score (nSPS) is 22.4. The van der Waals surface area contributed by atoms with Gasteiger partial charge in [-0.2, -0.15) is 5.26 Å². The number of amides is 1. The van der Waals surface area contributed by atoms with E-state index in [0.29, 0.717) is 5.92 Å². The molecule has 0 saturated heterocycles. The third kappa shape index (κ3) is 4.44. The highest BCUT2D eigenvalue weighted by Gasteiger charge is 2.23. The summed E-state index contributed by atoms with van der Waals surface area (Å²) in [6.07, 6.45) is 6.16. The first-order valence-electron chi connectivity index (χ1n) is 7.28. The van der Waals surface area contributed by atoms with Gasteiger partial charge in [0.05, 0.1) is 0 Å². The fraction of sp³-hybridized carbons (Fsp3) is 0.412. The molecule has 1 aromatic rings. The van der Waals surface area contributed by atoms with E-state index in [2.05, 4.69) is 28.2 Å². The molecular formula is C17H19BrN2O. The zero-order valence-electron chi connectivity index (χ0n) is 12.1. The molecule has 1 aromatic carbocycles. The molecule has 2 rings (SSSR count). The van der Waals surface area contributed by atoms with Crippen molar-refractivity contribution in [3.63, 3.8) is 0 Å². The SMILES string of the molecule is CC1CCCCC1NC(=O)C(C#N)=Cc1ccc(Br)cc1. The van der Waals surface area contributed by atoms with Gasteiger partial charge in [-0.05, 0) is 42.5 Å². The lowest BCUT2D eigenvalue weighted by atomic mass is 9.86. The molecule has 0 spiro atoms. The number of nitrogens with zero attached hydrogens (tertiary/aromatic N) is 1. The van der Waals surface area contributed by atoms with E-state index in [1.807, 2.05) is 30.3 Å². The molecule has 1 saturated carbocycles. The number of rotatable bonds is 3. The average Bonchev–Trinajstić information content (AvgIpc) is 2.49. The summed E-state index contributed by atoms with van der Waals surface area (Å²) in [7, 11) is 0. The Morgan fingerprint density at radius 1 is 1.33 bits per heavy atom. The first-order valence-corrected chi connectivity index (χ1v) is 8.07. The Balaban J connectivity index is 2.08. The molecule has 0 bridgehead atoms. The van der Waals surface area contributed by atoms with Crippen LogP contribution in [0.3, 0.4) is 0 Å². The van der Waals surface area contributed by atoms with Crippen molar-refractivity contribution in [3.8, 4) is 6.07 Å². The second-order valence-electron chi connectivity index (χ2n) is 5.56. The fourth-order valence-electron chi connectivity index (χ4n) is 2.65. The minimum absolute atomic E-state index is 0.162. The number of halogens is 1. The molecule has 1 aliphatic rings. The molecule has 2 atom stereocenters. The fourth-order valence-corrected chi connectivity index (χ4v) is 2.92. The molecule has 0 aliphatic heterocycles. The van der Waals surface area contributed by atoms with Crippen molar-refractivity contribution in [1.29, 1.82) is 5.26 Å². The van der Waals surface area contributed by atoms with Crippen LogP contribution in [-0.4, -0.2) is 11.9 Å². The second-order valence-corrected chi connectivity index (χ2v) is 6.48. The van der Waals surface area contributed by atoms with Gasteiger partial charge in [0.2, 0.25) is 0 Å². The van der Waals surface area contributed by atoms with Crippen molar-refractivity contribution in [1.82, 2.24) is 5.32 Å². The predicted octanol–water partition coefficient (Wildman–Crippen LogP) is 4.05. The van der Waals surface area contributed by atoms with Gasteiger partial charge in [0.1, 0.15) is 11.6 Å². The molecule has 1 N–H and O–H groups in total. The lowest BCUT2D eigenvalue weighted by Crippen LogP contribution is -2.41. The number of carbonyl (C=O) groups excluding carboxylic acids is 1. The van der Waals surface area contributed by atoms with E-state index >= 15 is 0 Å². The quantitative estimate of drug-likeness (QED) is 0.662. The van der Waals surface area contributed by atoms with Crippen molar-refractivity contribution in [2.45, 2.75) is 38.6 Å². The number of benzene rings is 1. The van der Waals surface area contributed by atoms with E-state index in [1.165, 1.54) is 6.42 Å². The Kier molecular flexibility index (Phi) is 5.58. The van der Waals surface area contributed by atoms with Crippen molar-refractivity contribution in [2.75, 3.05) is 0 Å². The number of hydrogen-bond acceptors (Lipinski definition) is 2. The van der Waals surface area contributed by atoms with Crippen LogP contribution in [0.4, 0.5) is 0 Å². The van der Waals surface area contributed by atoms with Gasteiger partial charge in [0.15, 0.2) is 0 Å². The van der Waals surface area contributed by atoms with Gasteiger partial charge in [-0.25, -0.2) is 0 Å². The van der Waals surface area contributed by atoms with Crippen molar-refractivity contribution >= 4 is 27.9 Å². The highest BCUT2D eigenvalue weighted by molar-refractivity contribution is 9.10. The molecule has 2 unspecified atom stereocenters. The molecule has 1 amide bonds. The van der Waals surface area contributed by atoms with Crippen LogP contribution in [0.15, 0.2) is 34.3 Å². The monoisotopic (exact) mass is 346 g/mol. The summed E-state index contributed by atoms with van der Waals surface area (Å²) in [6, 6.07) is 9.72. The maximum absolute atomic E-state index is 12.2. The number of carbonyl (C=O) groups is 1. The summed E-state index contributed by atoms with van der Waals surface area (Å²) in [5.74, 6) is 0.217. The minimum atomic E-state index is -0.265. The Bertz CT molecular complexity index is 571. The maximum atomic E-state index is 12.2. The summed E-state index contributed by atoms with van der Waals surface area (Å²) in [6.45, 7) is 2.16. The summed E-state index contributed by atoms with van der Waals surface area (Å²) in [5.41, 5.74) is 1.01. The summed E-state index contributed by atoms with van der Waals surface area (Å²) in [5, 5.41) is 12.2. The standard InChI is InChI=1S/C17H19BrN2O/c1-12-4-2-3-5-16(12)20-17(21)14(11-19)10-13-6-8-15(18)9-7-13/h6-10,12,16H,2-5H2,1H3,(H,20,21). The first-order chi connectivity index (χ1) is 10.1. The van der Waals surface area contributed by atoms with Gasteiger partial charge in [0.25, 0.3) is 5.91 Å². The molecule has 3 nitrogen and oxygen atoms in total. The van der Waals surface area contributed by atoms with E-state index in [4.69, 9.17) is 0 Å². The lowest BCUT2D eigenvalue weighted by Gasteiger charge is -2.29. The molecule has 1 aliphatic carbocycles. The molecule has 0 heterocycles. The summed E-state index contributed by atoms with van der Waals surface area (Å²) in [4.78, 5) is 12.2. The van der Waals surface area contributed by atoms with E-state index in [9.17, 15) is 10.1 Å². The van der Waals surface area contributed by atoms with Gasteiger partial charge in [-0.3, -0.25) is 4.79 Å². The Morgan fingerprint density at radius 2 is 2.00 bits per heavy atom. The van der Waals surface area contributed by atoms with E-state index in [0.717, 1.165) is 29.3 Å². The molecule has 110 valence electrons. The summed E-state index contributed by atoms with van der Waals surface area (Å²) < 4.78 is 0.971. The Hall–Kier alpha value is -1.60. The highest BCUT2D eigenvalue weighted by atomic mass is 79.9. The van der Waals surface area contributed by atoms with Crippen LogP contribution in [0.1, 0.15) is 38.2 Å². The maximum Gasteiger partial charge on any atom is 0.262 e. The number of nitrogens with one attached hydrogen (secondary N) is 1. The van der Waals surface area contributed by atoms with Crippen LogP contribution in [-0.2, 0) is 4.79 Å². The predicted molar refractivity (Wildman–Crippen MR) is 87.3 cm³/mol. The van der Waals surface area contributed by atoms with Gasteiger partial charge in [-0.15, -0.1) is 0 Å². The average molecular weight is 347 g/mol. The van der Waals surface area contributed by atoms with Crippen LogP contribution in [0.5, 0.6) is 0 Å². The van der Waals surface area contributed by atoms with Crippen LogP contribution in [0.25, 0.3) is 6.08 Å². The third-order valence-electron chi connectivity index (χ3n) is 3.97. The van der Waals surface area contributed by atoms with E-state index in [1.54, 1.807) is 6.08 Å². The minimum Gasteiger partial charge on any atom is -0.348 e. The van der Waals surface area contributed by atoms with Gasteiger partial charge in [-0.1, -0.05) is 47.8 Å². The molecule has 21 heavy (non-hydrogen) atoms. The van der Waals surface area contributed by atoms with Gasteiger partial charge >= 0.3 is 0 Å². The Labute approximate surface area is 134 Å². The van der Waals surface area contributed by atoms with Crippen molar-refractivity contribution in [3.05, 3.63) is 39.9 Å².